The van der Waals surface area contributed by atoms with Gasteiger partial charge in [0, 0.05) is 20.2 Å². The monoisotopic (exact) mass is 296 g/mol. The summed E-state index contributed by atoms with van der Waals surface area (Å²) in [5.74, 6) is 1.30. The number of Topliss-reactive ketones (excluding diaryl/α,β-unsaturated/α-hetero) is 2. The molecule has 0 amide bonds. The molecular weight excluding hydrogens is 260 g/mol. The van der Waals surface area contributed by atoms with Crippen LogP contribution in [0, 0.1) is 17.3 Å². The molecule has 1 aliphatic carbocycles. The topological polar surface area (TPSA) is 34.1 Å². The van der Waals surface area contributed by atoms with Gasteiger partial charge in [-0.1, -0.05) is 46.3 Å². The van der Waals surface area contributed by atoms with Crippen LogP contribution in [0.3, 0.4) is 0 Å². The highest BCUT2D eigenvalue weighted by molar-refractivity contribution is 5.81. The summed E-state index contributed by atoms with van der Waals surface area (Å²) in [6, 6.07) is 0. The van der Waals surface area contributed by atoms with Gasteiger partial charge in [-0.25, -0.2) is 0 Å². The van der Waals surface area contributed by atoms with Gasteiger partial charge in [-0.15, -0.1) is 0 Å². The van der Waals surface area contributed by atoms with Gasteiger partial charge < -0.3 is 0 Å². The molecule has 0 aromatic rings. The summed E-state index contributed by atoms with van der Waals surface area (Å²) in [6.45, 7) is 15.8. The zero-order valence-corrected chi connectivity index (χ0v) is 14.9. The summed E-state index contributed by atoms with van der Waals surface area (Å²) in [7, 11) is 0. The van der Waals surface area contributed by atoms with E-state index in [1.165, 1.54) is 0 Å². The highest BCUT2D eigenvalue weighted by Gasteiger charge is 2.36. The van der Waals surface area contributed by atoms with Gasteiger partial charge in [0.2, 0.25) is 0 Å². The van der Waals surface area contributed by atoms with Crippen LogP contribution in [0.4, 0.5) is 0 Å². The molecule has 1 rings (SSSR count). The Kier molecular flexibility index (Phi) is 8.77. The summed E-state index contributed by atoms with van der Waals surface area (Å²) in [5, 5.41) is 0. The fourth-order valence-electron chi connectivity index (χ4n) is 3.32. The lowest BCUT2D eigenvalue weighted by molar-refractivity contribution is -0.123. The third-order valence-electron chi connectivity index (χ3n) is 4.51. The maximum Gasteiger partial charge on any atom is 0.137 e. The minimum atomic E-state index is 0. The van der Waals surface area contributed by atoms with Gasteiger partial charge in [0.1, 0.15) is 11.6 Å². The van der Waals surface area contributed by atoms with Crippen molar-refractivity contribution in [2.75, 3.05) is 0 Å². The molecule has 0 radical (unpaired) electrons. The highest BCUT2D eigenvalue weighted by atomic mass is 16.1. The molecule has 0 bridgehead atoms. The first-order valence-electron chi connectivity index (χ1n) is 8.39. The Morgan fingerprint density at radius 1 is 1.19 bits per heavy atom. The van der Waals surface area contributed by atoms with Crippen molar-refractivity contribution in [3.63, 3.8) is 0 Å². The van der Waals surface area contributed by atoms with Crippen LogP contribution in [-0.2, 0) is 9.59 Å². The van der Waals surface area contributed by atoms with Crippen LogP contribution in [0.5, 0.6) is 0 Å². The summed E-state index contributed by atoms with van der Waals surface area (Å²) < 4.78 is 0. The molecule has 21 heavy (non-hydrogen) atoms. The lowest BCUT2D eigenvalue weighted by atomic mass is 9.65. The fraction of sp³-hybridized carbons (Fsp3) is 0.789. The van der Waals surface area contributed by atoms with Crippen LogP contribution >= 0.6 is 0 Å². The number of carbonyl (C=O) groups is 2. The molecule has 2 atom stereocenters. The van der Waals surface area contributed by atoms with Crippen molar-refractivity contribution in [3.05, 3.63) is 12.2 Å². The van der Waals surface area contributed by atoms with E-state index < -0.39 is 0 Å². The average molecular weight is 296 g/mol. The summed E-state index contributed by atoms with van der Waals surface area (Å²) >= 11 is 0. The molecule has 0 saturated heterocycles. The molecule has 0 aromatic heterocycles. The van der Waals surface area contributed by atoms with E-state index in [4.69, 9.17) is 0 Å². The number of hydrogen-bond donors (Lipinski definition) is 0. The maximum absolute atomic E-state index is 12.0. The molecule has 2 unspecified atom stereocenters. The van der Waals surface area contributed by atoms with E-state index in [1.54, 1.807) is 6.92 Å². The van der Waals surface area contributed by atoms with Crippen LogP contribution in [0.1, 0.15) is 81.5 Å². The average Bonchev–Trinajstić information content (AvgIpc) is 2.39. The summed E-state index contributed by atoms with van der Waals surface area (Å²) in [5.41, 5.74) is 0.937. The standard InChI is InChI=1S/C17H28O2.C2H6.H2/c1-12(2)9-16(19)11-17(4,5)15-8-6-7-14(10-15)13(3)18;1-2;/h14-15H,1,6-11H2,2-5H3;1-2H3;1H. The Hall–Kier alpha value is -0.920. The lowest BCUT2D eigenvalue weighted by Gasteiger charge is -2.39. The number of allylic oxidation sites excluding steroid dienone is 1. The van der Waals surface area contributed by atoms with Crippen LogP contribution in [0.25, 0.3) is 0 Å². The van der Waals surface area contributed by atoms with E-state index in [-0.39, 0.29) is 18.5 Å². The van der Waals surface area contributed by atoms with Crippen molar-refractivity contribution in [2.45, 2.75) is 80.1 Å². The molecule has 0 N–H and O–H groups in total. The normalized spacial score (nSPS) is 22.0. The van der Waals surface area contributed by atoms with Crippen LogP contribution in [-0.4, -0.2) is 11.6 Å². The number of rotatable bonds is 6. The predicted octanol–water partition coefficient (Wildman–Crippen LogP) is 5.61. The van der Waals surface area contributed by atoms with E-state index in [0.717, 1.165) is 31.3 Å². The molecule has 2 nitrogen and oxygen atoms in total. The molecule has 0 heterocycles. The van der Waals surface area contributed by atoms with Crippen LogP contribution < -0.4 is 0 Å². The van der Waals surface area contributed by atoms with Gasteiger partial charge in [-0.3, -0.25) is 9.59 Å². The second kappa shape index (κ2) is 9.17. The van der Waals surface area contributed by atoms with E-state index >= 15 is 0 Å². The van der Waals surface area contributed by atoms with Gasteiger partial charge in [0.25, 0.3) is 0 Å². The molecule has 1 fully saturated rings. The van der Waals surface area contributed by atoms with Crippen molar-refractivity contribution in [1.29, 1.82) is 0 Å². The molecule has 124 valence electrons. The van der Waals surface area contributed by atoms with Crippen molar-refractivity contribution < 1.29 is 11.0 Å². The third-order valence-corrected chi connectivity index (χ3v) is 4.51. The molecule has 1 saturated carbocycles. The van der Waals surface area contributed by atoms with E-state index in [2.05, 4.69) is 20.4 Å². The van der Waals surface area contributed by atoms with Gasteiger partial charge in [0.15, 0.2) is 0 Å². The SMILES string of the molecule is C=C(C)CC(=O)CC(C)(C)C1CCCC(C(C)=O)C1.CC.[HH]. The molecular formula is C19H36O2. The Bertz CT molecular complexity index is 372. The van der Waals surface area contributed by atoms with Crippen molar-refractivity contribution in [3.8, 4) is 0 Å². The Morgan fingerprint density at radius 2 is 1.76 bits per heavy atom. The van der Waals surface area contributed by atoms with Gasteiger partial charge >= 0.3 is 0 Å². The number of ketones is 2. The Balaban J connectivity index is 0. The van der Waals surface area contributed by atoms with Crippen molar-refractivity contribution >= 4 is 11.6 Å². The van der Waals surface area contributed by atoms with Crippen LogP contribution in [0.15, 0.2) is 12.2 Å². The second-order valence-corrected chi connectivity index (χ2v) is 7.01. The first kappa shape index (κ1) is 20.1. The first-order valence-corrected chi connectivity index (χ1v) is 8.39. The van der Waals surface area contributed by atoms with Crippen LogP contribution in [0.2, 0.25) is 0 Å². The zero-order valence-electron chi connectivity index (χ0n) is 14.9. The quantitative estimate of drug-likeness (QED) is 0.597. The minimum absolute atomic E-state index is 0. The van der Waals surface area contributed by atoms with Crippen molar-refractivity contribution in [1.82, 2.24) is 0 Å². The Morgan fingerprint density at radius 3 is 2.24 bits per heavy atom. The molecule has 0 aromatic carbocycles. The smallest absolute Gasteiger partial charge is 0.137 e. The van der Waals surface area contributed by atoms with Crippen molar-refractivity contribution in [2.24, 2.45) is 17.3 Å². The fourth-order valence-corrected chi connectivity index (χ4v) is 3.32. The molecule has 0 spiro atoms. The number of carbonyl (C=O) groups excluding carboxylic acids is 2. The van der Waals surface area contributed by atoms with E-state index in [9.17, 15) is 9.59 Å². The lowest BCUT2D eigenvalue weighted by Crippen LogP contribution is -2.33. The largest absolute Gasteiger partial charge is 0.300 e. The van der Waals surface area contributed by atoms with Gasteiger partial charge in [0.05, 0.1) is 0 Å². The summed E-state index contributed by atoms with van der Waals surface area (Å²) in [4.78, 5) is 23.6. The third kappa shape index (κ3) is 7.06. The highest BCUT2D eigenvalue weighted by Crippen LogP contribution is 2.43. The minimum Gasteiger partial charge on any atom is -0.300 e. The summed E-state index contributed by atoms with van der Waals surface area (Å²) in [6.07, 6.45) is 5.36. The van der Waals surface area contributed by atoms with Gasteiger partial charge in [-0.05, 0) is 44.4 Å². The second-order valence-electron chi connectivity index (χ2n) is 7.01. The molecule has 1 aliphatic rings. The predicted molar refractivity (Wildman–Crippen MR) is 92.4 cm³/mol. The molecule has 2 heteroatoms. The molecule has 0 aliphatic heterocycles. The Labute approximate surface area is 132 Å². The van der Waals surface area contributed by atoms with E-state index in [0.29, 0.717) is 24.5 Å². The first-order chi connectivity index (χ1) is 9.72. The maximum atomic E-state index is 12.0. The van der Waals surface area contributed by atoms with E-state index in [1.807, 2.05) is 20.8 Å². The van der Waals surface area contributed by atoms with Gasteiger partial charge in [-0.2, -0.15) is 0 Å². The number of hydrogen-bond acceptors (Lipinski definition) is 2. The zero-order chi connectivity index (χ0) is 16.6.